The van der Waals surface area contributed by atoms with E-state index in [9.17, 15) is 0 Å². The van der Waals surface area contributed by atoms with Crippen LogP contribution in [-0.4, -0.2) is 42.6 Å². The van der Waals surface area contributed by atoms with Crippen molar-refractivity contribution >= 4 is 22.2 Å². The molecule has 1 aromatic rings. The number of hydrogen-bond donors (Lipinski definition) is 2. The molecule has 0 amide bonds. The van der Waals surface area contributed by atoms with Gasteiger partial charge in [-0.15, -0.1) is 11.3 Å². The summed E-state index contributed by atoms with van der Waals surface area (Å²) in [6, 6.07) is 0.373. The number of nitrogens with one attached hydrogen (secondary N) is 1. The van der Waals surface area contributed by atoms with Crippen molar-refractivity contribution < 1.29 is 9.84 Å². The van der Waals surface area contributed by atoms with Crippen LogP contribution in [0.1, 0.15) is 26.5 Å². The molecule has 1 aliphatic rings. The summed E-state index contributed by atoms with van der Waals surface area (Å²) in [7, 11) is 2.68. The lowest BCUT2D eigenvalue weighted by molar-refractivity contribution is 0.305. The highest BCUT2D eigenvalue weighted by Gasteiger charge is 2.08. The van der Waals surface area contributed by atoms with Crippen LogP contribution in [0.15, 0.2) is 46.5 Å². The highest BCUT2D eigenvalue weighted by atomic mass is 32.1. The number of allylic oxidation sites excluding steroid dienone is 4. The van der Waals surface area contributed by atoms with Gasteiger partial charge < -0.3 is 15.2 Å². The summed E-state index contributed by atoms with van der Waals surface area (Å²) in [6.07, 6.45) is 10.3. The highest BCUT2D eigenvalue weighted by Crippen LogP contribution is 2.18. The molecule has 0 aromatic carbocycles. The van der Waals surface area contributed by atoms with E-state index in [4.69, 9.17) is 9.84 Å². The molecule has 6 heteroatoms. The van der Waals surface area contributed by atoms with Crippen molar-refractivity contribution in [2.45, 2.75) is 26.8 Å². The van der Waals surface area contributed by atoms with Gasteiger partial charge in [0.15, 0.2) is 5.13 Å². The Labute approximate surface area is 148 Å². The highest BCUT2D eigenvalue weighted by molar-refractivity contribution is 7.13. The molecule has 2 rings (SSSR count). The summed E-state index contributed by atoms with van der Waals surface area (Å²) in [6.45, 7) is 6.92. The molecule has 1 aliphatic heterocycles. The Balaban J connectivity index is 0.00000139. The molecule has 1 unspecified atom stereocenters. The number of nitrogens with zero attached hydrogens (tertiary/aromatic N) is 2. The molecule has 0 fully saturated rings. The summed E-state index contributed by atoms with van der Waals surface area (Å²) < 4.78 is 5.32. The fourth-order valence-electron chi connectivity index (χ4n) is 1.93. The largest absolute Gasteiger partial charge is 0.497 e. The van der Waals surface area contributed by atoms with Gasteiger partial charge in [0.1, 0.15) is 11.5 Å². The summed E-state index contributed by atoms with van der Waals surface area (Å²) in [5.41, 5.74) is 1.82. The lowest BCUT2D eigenvalue weighted by atomic mass is 10.1. The Morgan fingerprint density at radius 3 is 2.67 bits per heavy atom. The van der Waals surface area contributed by atoms with Gasteiger partial charge in [-0.1, -0.05) is 19.1 Å². The van der Waals surface area contributed by atoms with Gasteiger partial charge in [0, 0.05) is 18.5 Å². The molecule has 0 radical (unpaired) electrons. The van der Waals surface area contributed by atoms with Crippen LogP contribution in [0.25, 0.3) is 0 Å². The third-order valence-corrected chi connectivity index (χ3v) is 3.86. The lowest BCUT2D eigenvalue weighted by Crippen LogP contribution is -2.09. The van der Waals surface area contributed by atoms with Gasteiger partial charge in [0.2, 0.25) is 0 Å². The Bertz CT molecular complexity index is 616. The molecule has 1 atom stereocenters. The van der Waals surface area contributed by atoms with E-state index < -0.39 is 0 Å². The van der Waals surface area contributed by atoms with Crippen LogP contribution in [0, 0.1) is 5.92 Å². The third-order valence-electron chi connectivity index (χ3n) is 3.09. The van der Waals surface area contributed by atoms with Crippen LogP contribution < -0.4 is 5.32 Å². The average molecular weight is 350 g/mol. The average Bonchev–Trinajstić information content (AvgIpc) is 3.03. The topological polar surface area (TPSA) is 66.7 Å². The van der Waals surface area contributed by atoms with Crippen molar-refractivity contribution in [3.8, 4) is 0 Å². The van der Waals surface area contributed by atoms with E-state index in [1.54, 1.807) is 18.4 Å². The first-order valence-corrected chi connectivity index (χ1v) is 8.78. The fourth-order valence-corrected chi connectivity index (χ4v) is 2.78. The number of aliphatic hydroxyl groups excluding tert-OH is 1. The van der Waals surface area contributed by atoms with E-state index in [2.05, 4.69) is 54.3 Å². The molecule has 132 valence electrons. The van der Waals surface area contributed by atoms with E-state index in [1.807, 2.05) is 17.5 Å². The van der Waals surface area contributed by atoms with Gasteiger partial charge >= 0.3 is 0 Å². The molecule has 0 bridgehead atoms. The molecule has 0 saturated carbocycles. The van der Waals surface area contributed by atoms with Crippen molar-refractivity contribution in [1.29, 1.82) is 0 Å². The number of ether oxygens (including phenoxy) is 1. The standard InChI is InChI=1S/C17H23N3OS.CH4O/c1-12(2)19-17-20-16(11-22-17)15-8-6-13(3)5-7-14(21-4)9-10-18-15;1-2/h5-9,11-13H,10H2,1-4H3,(H,19,20);2H,1H3/b7-5-,8-6-,14-9+,18-15?;. The van der Waals surface area contributed by atoms with Gasteiger partial charge in [-0.25, -0.2) is 4.98 Å². The fraction of sp³-hybridized carbons (Fsp3) is 0.444. The van der Waals surface area contributed by atoms with Gasteiger partial charge in [-0.2, -0.15) is 0 Å². The minimum atomic E-state index is 0.314. The number of aliphatic hydroxyl groups is 1. The van der Waals surface area contributed by atoms with E-state index in [-0.39, 0.29) is 0 Å². The van der Waals surface area contributed by atoms with Crippen molar-refractivity contribution in [3.05, 3.63) is 47.2 Å². The van der Waals surface area contributed by atoms with Crippen LogP contribution >= 0.6 is 11.3 Å². The number of aliphatic imine (C=N–C) groups is 1. The van der Waals surface area contributed by atoms with Crippen molar-refractivity contribution in [1.82, 2.24) is 4.98 Å². The number of hydrogen-bond acceptors (Lipinski definition) is 6. The molecule has 0 aliphatic carbocycles. The number of aromatic nitrogens is 1. The number of rotatable bonds is 4. The maximum atomic E-state index is 7.00. The first kappa shape index (κ1) is 20.1. The number of anilines is 1. The second-order valence-electron chi connectivity index (χ2n) is 5.45. The Morgan fingerprint density at radius 1 is 1.29 bits per heavy atom. The normalized spacial score (nSPS) is 22.4. The zero-order chi connectivity index (χ0) is 17.9. The first-order chi connectivity index (χ1) is 11.6. The number of methoxy groups -OCH3 is 1. The summed E-state index contributed by atoms with van der Waals surface area (Å²) >= 11 is 1.61. The molecule has 0 spiro atoms. The van der Waals surface area contributed by atoms with Gasteiger partial charge in [-0.3, -0.25) is 4.99 Å². The van der Waals surface area contributed by atoms with Crippen LogP contribution in [0.3, 0.4) is 0 Å². The smallest absolute Gasteiger partial charge is 0.183 e. The molecule has 0 saturated heterocycles. The quantitative estimate of drug-likeness (QED) is 0.871. The zero-order valence-electron chi connectivity index (χ0n) is 15.0. The number of thiazole rings is 1. The van der Waals surface area contributed by atoms with E-state index >= 15 is 0 Å². The molecule has 2 N–H and O–H groups in total. The minimum Gasteiger partial charge on any atom is -0.497 e. The Morgan fingerprint density at radius 2 is 2.00 bits per heavy atom. The van der Waals surface area contributed by atoms with Crippen molar-refractivity contribution in [2.24, 2.45) is 10.9 Å². The van der Waals surface area contributed by atoms with Crippen molar-refractivity contribution in [3.63, 3.8) is 0 Å². The van der Waals surface area contributed by atoms with Gasteiger partial charge in [-0.05, 0) is 38.0 Å². The van der Waals surface area contributed by atoms with Crippen LogP contribution in [0.5, 0.6) is 0 Å². The van der Waals surface area contributed by atoms with E-state index in [1.165, 1.54) is 0 Å². The van der Waals surface area contributed by atoms with Crippen LogP contribution in [0.2, 0.25) is 0 Å². The minimum absolute atomic E-state index is 0.314. The molecular formula is C18H27N3O2S. The summed E-state index contributed by atoms with van der Waals surface area (Å²) in [4.78, 5) is 9.26. The Kier molecular flexibility index (Phi) is 9.04. The Hall–Kier alpha value is -1.92. The summed E-state index contributed by atoms with van der Waals surface area (Å²) in [5.74, 6) is 1.15. The molecule has 5 nitrogen and oxygen atoms in total. The maximum Gasteiger partial charge on any atom is 0.183 e. The summed E-state index contributed by atoms with van der Waals surface area (Å²) in [5, 5.41) is 13.3. The molecule has 24 heavy (non-hydrogen) atoms. The first-order valence-electron chi connectivity index (χ1n) is 7.90. The van der Waals surface area contributed by atoms with E-state index in [0.29, 0.717) is 18.5 Å². The SMILES string of the molecule is CO.COC1=C/CN=C(c2csc(NC(C)C)n2)/C=C\C(C)/C=C\1. The van der Waals surface area contributed by atoms with Gasteiger partial charge in [0.05, 0.1) is 19.4 Å². The zero-order valence-corrected chi connectivity index (χ0v) is 15.8. The van der Waals surface area contributed by atoms with Gasteiger partial charge in [0.25, 0.3) is 0 Å². The van der Waals surface area contributed by atoms with Crippen LogP contribution in [-0.2, 0) is 4.74 Å². The lowest BCUT2D eigenvalue weighted by Gasteiger charge is -2.06. The second kappa shape index (κ2) is 10.8. The molecular weight excluding hydrogens is 322 g/mol. The monoisotopic (exact) mass is 349 g/mol. The maximum absolute atomic E-state index is 7.00. The molecule has 2 heterocycles. The predicted octanol–water partition coefficient (Wildman–Crippen LogP) is 3.65. The van der Waals surface area contributed by atoms with E-state index in [0.717, 1.165) is 29.4 Å². The molecule has 1 aromatic heterocycles. The predicted molar refractivity (Wildman–Crippen MR) is 103 cm³/mol. The second-order valence-corrected chi connectivity index (χ2v) is 6.31. The van der Waals surface area contributed by atoms with Crippen molar-refractivity contribution in [2.75, 3.05) is 26.1 Å². The third kappa shape index (κ3) is 6.68. The van der Waals surface area contributed by atoms with Crippen LogP contribution in [0.4, 0.5) is 5.13 Å².